The number of hydrogen-bond donors (Lipinski definition) is 6. The van der Waals surface area contributed by atoms with Crippen molar-refractivity contribution in [2.75, 3.05) is 17.6 Å². The van der Waals surface area contributed by atoms with E-state index >= 15 is 0 Å². The van der Waals surface area contributed by atoms with Crippen molar-refractivity contribution < 1.29 is 50.9 Å². The van der Waals surface area contributed by atoms with E-state index in [1.54, 1.807) is 0 Å². The molecule has 1 aromatic carbocycles. The zero-order valence-corrected chi connectivity index (χ0v) is 14.8. The van der Waals surface area contributed by atoms with Gasteiger partial charge in [0, 0.05) is 36.7 Å². The third-order valence-electron chi connectivity index (χ3n) is 3.42. The number of nitrogens with two attached hydrogens (primary N) is 1. The molecule has 0 fully saturated rings. The molecule has 11 heteroatoms. The third kappa shape index (κ3) is 5.38. The number of benzene rings is 1. The first-order valence-corrected chi connectivity index (χ1v) is 7.93. The van der Waals surface area contributed by atoms with Crippen molar-refractivity contribution in [2.45, 2.75) is 37.4 Å². The van der Waals surface area contributed by atoms with Gasteiger partial charge in [-0.2, -0.15) is 4.98 Å². The van der Waals surface area contributed by atoms with Gasteiger partial charge in [0.25, 0.3) is 14.3 Å². The highest BCUT2D eigenvalue weighted by atomic mass is 16.4. The largest absolute Gasteiger partial charge is 0.481 e. The van der Waals surface area contributed by atoms with Crippen LogP contribution in [0.4, 0.5) is 11.8 Å². The molecule has 2 aromatic rings. The predicted molar refractivity (Wildman–Crippen MR) is 111 cm³/mol. The van der Waals surface area contributed by atoms with E-state index < -0.39 is 125 Å². The maximum atomic E-state index is 13.5. The van der Waals surface area contributed by atoms with Gasteiger partial charge in [-0.3, -0.25) is 19.4 Å². The van der Waals surface area contributed by atoms with Crippen LogP contribution in [-0.4, -0.2) is 50.6 Å². The number of carboxylic acid groups (broad SMARTS) is 2. The molecule has 2 unspecified atom stereocenters. The second-order valence-electron chi connectivity index (χ2n) is 5.43. The number of anilines is 2. The highest BCUT2D eigenvalue weighted by molar-refractivity contribution is 5.96. The summed E-state index contributed by atoms with van der Waals surface area (Å²) in [6.07, 6.45) is -16.3. The zero-order chi connectivity index (χ0) is 40.6. The summed E-state index contributed by atoms with van der Waals surface area (Å²) in [4.78, 5) is 54.3. The monoisotopic (exact) mass is 450 g/mol. The van der Waals surface area contributed by atoms with E-state index in [0.717, 1.165) is 0 Å². The fourth-order valence-corrected chi connectivity index (χ4v) is 2.15. The molecule has 1 aliphatic heterocycles. The molecule has 1 aromatic heterocycles. The molecule has 0 bridgehead atoms. The van der Waals surface area contributed by atoms with Gasteiger partial charge in [-0.25, -0.2) is 4.79 Å². The number of carbonyl (C=O) groups excluding carboxylic acids is 1. The highest BCUT2D eigenvalue weighted by Crippen LogP contribution is 2.30. The second-order valence-corrected chi connectivity index (χ2v) is 5.43. The molecular weight excluding hydrogens is 406 g/mol. The number of H-pyrrole nitrogens is 1. The standard InChI is InChI=1S/C20H23N5O6/c21-20-24-16-15(18(29)25-20)12(9-22-16)6-3-10-1-4-11(5-2-10)17(28)23-13(19(30)31)7-8-14(26)27/h1-2,4-5,12-13H,3,6-9H2,(H,23,28)(H,26,27)(H,30,31)(H4,21,22,24,25,29)/t12?,13-/m0/s1/i1D,2D,3D2,4D,5D,6D2,7D2,8D2,9D,13D/hD7/t9?,12?,13-. The molecule has 0 radical (unpaired) electrons. The van der Waals surface area contributed by atoms with Crippen LogP contribution in [0.2, 0.25) is 7.06 Å². The molecule has 2 heterocycles. The molecule has 11 nitrogen and oxygen atoms in total. The van der Waals surface area contributed by atoms with E-state index in [-0.39, 0.29) is 16.0 Å². The fraction of sp³-hybridized carbons (Fsp3) is 0.350. The molecule has 0 aliphatic carbocycles. The average Bonchev–Trinajstić information content (AvgIpc) is 3.32. The summed E-state index contributed by atoms with van der Waals surface area (Å²) in [6.45, 7) is -2.27. The Labute approximate surface area is 206 Å². The van der Waals surface area contributed by atoms with Crippen LogP contribution in [0.1, 0.15) is 65.7 Å². The van der Waals surface area contributed by atoms with E-state index in [9.17, 15) is 19.2 Å². The molecule has 164 valence electrons. The van der Waals surface area contributed by atoms with Crippen molar-refractivity contribution in [1.82, 2.24) is 15.3 Å². The molecular formula is C20H23N5O6. The Morgan fingerprint density at radius 2 is 2.32 bits per heavy atom. The Morgan fingerprint density at radius 1 is 1.52 bits per heavy atom. The minimum absolute atomic E-state index is 0.0989. The number of hydrogen-bond acceptors (Lipinski definition) is 9. The van der Waals surface area contributed by atoms with Crippen LogP contribution in [0.5, 0.6) is 0 Å². The van der Waals surface area contributed by atoms with Gasteiger partial charge >= 0.3 is 11.9 Å². The van der Waals surface area contributed by atoms with Crippen LogP contribution in [0, 0.1) is 0 Å². The van der Waals surface area contributed by atoms with Crippen LogP contribution >= 0.6 is 0 Å². The lowest BCUT2D eigenvalue weighted by Gasteiger charge is -2.14. The zero-order valence-electron chi connectivity index (χ0n) is 35.8. The number of carbonyl (C=O) groups is 3. The SMILES string of the molecule is [2H]OC(=O)C([2H])([2H])C([2H])([2H])[C@@]([2H])(C(=O)O[2H])N([2H])C(=O)c1c([2H])c([2H])c(C([2H])([2H])C([2H])([2H])C2c3c(nc(N([2H])[2H])n([2H])c3=O)N([2H])C2[2H])c([2H])c1[2H]. The third-order valence-corrected chi connectivity index (χ3v) is 3.42. The number of aromatic amines is 1. The molecule has 1 aliphatic rings. The van der Waals surface area contributed by atoms with Gasteiger partial charge in [-0.15, -0.1) is 0 Å². The number of amides is 1. The smallest absolute Gasteiger partial charge is 0.326 e. The van der Waals surface area contributed by atoms with Crippen molar-refractivity contribution in [3.05, 3.63) is 51.2 Å². The summed E-state index contributed by atoms with van der Waals surface area (Å²) in [7, 11) is 0. The summed E-state index contributed by atoms with van der Waals surface area (Å²) in [5.41, 5.74) is -6.00. The number of fused-ring (bicyclic) bond motifs is 1. The number of rotatable bonds is 10. The average molecular weight is 451 g/mol. The first-order chi connectivity index (χ1) is 23.5. The number of nitrogens with one attached hydrogen (secondary N) is 3. The number of carboxylic acids is 2. The maximum Gasteiger partial charge on any atom is 0.326 e. The summed E-state index contributed by atoms with van der Waals surface area (Å²) < 4.78 is 168. The normalized spacial score (nSPS) is 30.5. The van der Waals surface area contributed by atoms with Crippen LogP contribution in [0.25, 0.3) is 2.86 Å². The molecule has 0 spiro atoms. The number of nitrogen functional groups attached to an aromatic ring is 1. The van der Waals surface area contributed by atoms with E-state index in [4.69, 9.17) is 29.1 Å². The molecule has 1 amide bonds. The molecule has 3 atom stereocenters. The van der Waals surface area contributed by atoms with Crippen molar-refractivity contribution in [1.29, 1.82) is 2.86 Å². The van der Waals surface area contributed by atoms with Crippen LogP contribution < -0.4 is 21.9 Å². The Bertz CT molecular complexity index is 1860. The molecule has 7 N–H and O–H groups in total. The first kappa shape index (κ1) is 7.36. The Balaban J connectivity index is 2.29. The quantitative estimate of drug-likeness (QED) is 0.300. The van der Waals surface area contributed by atoms with Crippen molar-refractivity contribution >= 4 is 29.6 Å². The van der Waals surface area contributed by atoms with Crippen LogP contribution in [-0.2, 0) is 16.0 Å². The second kappa shape index (κ2) is 9.28. The van der Waals surface area contributed by atoms with Crippen molar-refractivity contribution in [2.24, 2.45) is 0 Å². The Hall–Kier alpha value is -3.89. The van der Waals surface area contributed by atoms with Gasteiger partial charge in [0.2, 0.25) is 5.95 Å². The topological polar surface area (TPSA) is 187 Å². The van der Waals surface area contributed by atoms with Crippen LogP contribution in [0.3, 0.4) is 0 Å². The van der Waals surface area contributed by atoms with Gasteiger partial charge in [0.1, 0.15) is 11.8 Å². The highest BCUT2D eigenvalue weighted by Gasteiger charge is 2.27. The lowest BCUT2D eigenvalue weighted by molar-refractivity contribution is -0.140. The Kier molecular flexibility index (Phi) is 2.20. The first-order valence-electron chi connectivity index (χ1n) is 18.1. The van der Waals surface area contributed by atoms with Gasteiger partial charge in [-0.1, -0.05) is 12.1 Å². The molecule has 0 saturated carbocycles. The van der Waals surface area contributed by atoms with E-state index in [2.05, 4.69) is 15.2 Å². The fourth-order valence-electron chi connectivity index (χ4n) is 2.15. The Morgan fingerprint density at radius 3 is 3.03 bits per heavy atom. The maximum absolute atomic E-state index is 13.5. The minimum Gasteiger partial charge on any atom is -0.481 e. The lowest BCUT2D eigenvalue weighted by Crippen LogP contribution is -2.41. The van der Waals surface area contributed by atoms with Gasteiger partial charge in [-0.05, 0) is 36.8 Å². The van der Waals surface area contributed by atoms with E-state index in [1.807, 2.05) is 0 Å². The van der Waals surface area contributed by atoms with E-state index in [1.165, 1.54) is 0 Å². The van der Waals surface area contributed by atoms with Crippen molar-refractivity contribution in [3.8, 4) is 0 Å². The van der Waals surface area contributed by atoms with Gasteiger partial charge in [0.05, 0.1) is 12.4 Å². The number of nitrogens with zero attached hydrogens (tertiary/aromatic N) is 1. The van der Waals surface area contributed by atoms with Crippen LogP contribution in [0.15, 0.2) is 29.0 Å². The minimum atomic E-state index is -4.46. The number of aromatic nitrogens is 2. The summed E-state index contributed by atoms with van der Waals surface area (Å²) >= 11 is 0. The molecule has 31 heavy (non-hydrogen) atoms. The number of aliphatic carboxylic acids is 2. The van der Waals surface area contributed by atoms with Gasteiger partial charge < -0.3 is 26.6 Å². The molecule has 0 saturated heterocycles. The lowest BCUT2D eigenvalue weighted by atomic mass is 9.95. The van der Waals surface area contributed by atoms with E-state index in [0.29, 0.717) is 0 Å². The van der Waals surface area contributed by atoms with Crippen molar-refractivity contribution in [3.63, 3.8) is 0 Å². The summed E-state index contributed by atoms with van der Waals surface area (Å²) in [5.74, 6) is -11.6. The predicted octanol–water partition coefficient (Wildman–Crippen LogP) is 0.542. The summed E-state index contributed by atoms with van der Waals surface area (Å²) in [6, 6.07) is -11.0. The molecule has 3 rings (SSSR count). The summed E-state index contributed by atoms with van der Waals surface area (Å²) in [5, 5.41) is 5.87. The van der Waals surface area contributed by atoms with Gasteiger partial charge in [0.15, 0.2) is 7.06 Å².